The van der Waals surface area contributed by atoms with Crippen molar-refractivity contribution in [3.05, 3.63) is 71.6 Å². The molecule has 3 aromatic rings. The van der Waals surface area contributed by atoms with Crippen LogP contribution in [-0.4, -0.2) is 47.8 Å². The zero-order chi connectivity index (χ0) is 22.6. The number of carbonyl (C=O) groups excluding carboxylic acids is 1. The number of hydrogen-bond acceptors (Lipinski definition) is 5. The van der Waals surface area contributed by atoms with Crippen LogP contribution in [0.4, 0.5) is 8.78 Å². The Labute approximate surface area is 185 Å². The molecule has 1 fully saturated rings. The van der Waals surface area contributed by atoms with Crippen molar-refractivity contribution in [3.8, 4) is 11.5 Å². The smallest absolute Gasteiger partial charge is 0.257 e. The Hall–Kier alpha value is -3.13. The Bertz CT molecular complexity index is 1070. The van der Waals surface area contributed by atoms with E-state index in [-0.39, 0.29) is 24.0 Å². The van der Waals surface area contributed by atoms with Gasteiger partial charge in [0.1, 0.15) is 11.6 Å². The van der Waals surface area contributed by atoms with Crippen LogP contribution in [0.1, 0.15) is 30.7 Å². The average Bonchev–Trinajstić information content (AvgIpc) is 3.31. The van der Waals surface area contributed by atoms with Crippen LogP contribution in [0.2, 0.25) is 0 Å². The van der Waals surface area contributed by atoms with Crippen LogP contribution in [0.5, 0.6) is 0 Å². The summed E-state index contributed by atoms with van der Waals surface area (Å²) in [6.45, 7) is 1.45. The van der Waals surface area contributed by atoms with E-state index >= 15 is 0 Å². The van der Waals surface area contributed by atoms with Crippen LogP contribution in [0, 0.1) is 11.6 Å². The van der Waals surface area contributed by atoms with Crippen molar-refractivity contribution in [2.24, 2.45) is 0 Å². The van der Waals surface area contributed by atoms with Crippen molar-refractivity contribution in [2.75, 3.05) is 26.8 Å². The van der Waals surface area contributed by atoms with Gasteiger partial charge in [-0.3, -0.25) is 4.79 Å². The van der Waals surface area contributed by atoms with Gasteiger partial charge < -0.3 is 14.2 Å². The molecule has 1 aliphatic rings. The molecule has 0 bridgehead atoms. The standard InChI is InChI=1S/C24H25F2N3O3/c1-31-14-12-24(23-27-22(32-28-23)17-7-9-19(25)10-8-17)11-4-13-29(16-24)21(30)15-18-5-2-3-6-20(18)26/h2-3,5-10H,4,11-16H2,1H3. The second-order valence-corrected chi connectivity index (χ2v) is 8.14. The van der Waals surface area contributed by atoms with Gasteiger partial charge in [-0.05, 0) is 55.2 Å². The lowest BCUT2D eigenvalue weighted by atomic mass is 9.76. The second kappa shape index (κ2) is 9.56. The number of methoxy groups -OCH3 is 1. The van der Waals surface area contributed by atoms with E-state index in [1.54, 1.807) is 42.3 Å². The molecule has 8 heteroatoms. The summed E-state index contributed by atoms with van der Waals surface area (Å²) in [5, 5.41) is 4.22. The molecule has 0 N–H and O–H groups in total. The summed E-state index contributed by atoms with van der Waals surface area (Å²) >= 11 is 0. The lowest BCUT2D eigenvalue weighted by Gasteiger charge is -2.41. The first-order chi connectivity index (χ1) is 15.5. The van der Waals surface area contributed by atoms with Gasteiger partial charge in [0.2, 0.25) is 5.91 Å². The highest BCUT2D eigenvalue weighted by Crippen LogP contribution is 2.37. The first kappa shape index (κ1) is 22.1. The summed E-state index contributed by atoms with van der Waals surface area (Å²) in [5.74, 6) is -0.0744. The number of piperidine rings is 1. The maximum absolute atomic E-state index is 14.0. The minimum absolute atomic E-state index is 0.000104. The van der Waals surface area contributed by atoms with E-state index in [4.69, 9.17) is 9.26 Å². The fourth-order valence-electron chi connectivity index (χ4n) is 4.21. The van der Waals surface area contributed by atoms with Gasteiger partial charge in [-0.15, -0.1) is 0 Å². The predicted molar refractivity (Wildman–Crippen MR) is 114 cm³/mol. The highest BCUT2D eigenvalue weighted by molar-refractivity contribution is 5.79. The number of aromatic nitrogens is 2. The van der Waals surface area contributed by atoms with Crippen molar-refractivity contribution in [2.45, 2.75) is 31.1 Å². The van der Waals surface area contributed by atoms with Crippen LogP contribution in [0.15, 0.2) is 53.1 Å². The Morgan fingerprint density at radius 3 is 2.72 bits per heavy atom. The van der Waals surface area contributed by atoms with Crippen molar-refractivity contribution in [1.29, 1.82) is 0 Å². The Morgan fingerprint density at radius 2 is 1.97 bits per heavy atom. The lowest BCUT2D eigenvalue weighted by molar-refractivity contribution is -0.133. The number of halogens is 2. The van der Waals surface area contributed by atoms with E-state index < -0.39 is 5.41 Å². The van der Waals surface area contributed by atoms with Crippen LogP contribution in [0.3, 0.4) is 0 Å². The fraction of sp³-hybridized carbons (Fsp3) is 0.375. The van der Waals surface area contributed by atoms with Gasteiger partial charge in [-0.2, -0.15) is 4.98 Å². The van der Waals surface area contributed by atoms with E-state index in [2.05, 4.69) is 10.1 Å². The Balaban J connectivity index is 1.57. The largest absolute Gasteiger partial charge is 0.385 e. The van der Waals surface area contributed by atoms with Gasteiger partial charge in [-0.25, -0.2) is 8.78 Å². The van der Waals surface area contributed by atoms with Gasteiger partial charge in [0.05, 0.1) is 11.8 Å². The third-order valence-corrected chi connectivity index (χ3v) is 6.01. The number of hydrogen-bond donors (Lipinski definition) is 0. The molecule has 6 nitrogen and oxygen atoms in total. The third-order valence-electron chi connectivity index (χ3n) is 6.01. The van der Waals surface area contributed by atoms with E-state index in [0.29, 0.717) is 49.0 Å². The maximum atomic E-state index is 14.0. The molecule has 1 unspecified atom stereocenters. The molecule has 2 aromatic carbocycles. The summed E-state index contributed by atoms with van der Waals surface area (Å²) in [6, 6.07) is 12.2. The predicted octanol–water partition coefficient (Wildman–Crippen LogP) is 4.15. The molecule has 0 saturated carbocycles. The van der Waals surface area contributed by atoms with E-state index in [0.717, 1.165) is 12.8 Å². The van der Waals surface area contributed by atoms with Crippen molar-refractivity contribution in [1.82, 2.24) is 15.0 Å². The fourth-order valence-corrected chi connectivity index (χ4v) is 4.21. The van der Waals surface area contributed by atoms with Gasteiger partial charge in [-0.1, -0.05) is 23.4 Å². The molecule has 1 saturated heterocycles. The Kier molecular flexibility index (Phi) is 6.60. The molecule has 4 rings (SSSR count). The quantitative estimate of drug-likeness (QED) is 0.551. The highest BCUT2D eigenvalue weighted by atomic mass is 19.1. The minimum atomic E-state index is -0.541. The van der Waals surface area contributed by atoms with Gasteiger partial charge in [0.25, 0.3) is 5.89 Å². The first-order valence-corrected chi connectivity index (χ1v) is 10.6. The monoisotopic (exact) mass is 441 g/mol. The number of likely N-dealkylation sites (tertiary alicyclic amines) is 1. The molecule has 1 aliphatic heterocycles. The number of amides is 1. The minimum Gasteiger partial charge on any atom is -0.385 e. The van der Waals surface area contributed by atoms with Gasteiger partial charge in [0, 0.05) is 32.4 Å². The number of carbonyl (C=O) groups is 1. The lowest BCUT2D eigenvalue weighted by Crippen LogP contribution is -2.50. The van der Waals surface area contributed by atoms with E-state index in [1.165, 1.54) is 18.2 Å². The molecule has 1 atom stereocenters. The molecule has 0 radical (unpaired) electrons. The summed E-state index contributed by atoms with van der Waals surface area (Å²) in [4.78, 5) is 19.3. The molecule has 2 heterocycles. The zero-order valence-electron chi connectivity index (χ0n) is 17.9. The van der Waals surface area contributed by atoms with E-state index in [1.807, 2.05) is 0 Å². The Morgan fingerprint density at radius 1 is 1.19 bits per heavy atom. The summed E-state index contributed by atoms with van der Waals surface area (Å²) < 4.78 is 38.1. The van der Waals surface area contributed by atoms with Crippen LogP contribution < -0.4 is 0 Å². The number of nitrogens with zero attached hydrogens (tertiary/aromatic N) is 3. The number of rotatable bonds is 7. The van der Waals surface area contributed by atoms with Gasteiger partial charge in [0.15, 0.2) is 5.82 Å². The third kappa shape index (κ3) is 4.70. The second-order valence-electron chi connectivity index (χ2n) is 8.14. The topological polar surface area (TPSA) is 68.5 Å². The molecular weight excluding hydrogens is 416 g/mol. The normalized spacial score (nSPS) is 18.7. The molecular formula is C24H25F2N3O3. The number of ether oxygens (including phenoxy) is 1. The highest BCUT2D eigenvalue weighted by Gasteiger charge is 2.42. The van der Waals surface area contributed by atoms with Gasteiger partial charge >= 0.3 is 0 Å². The summed E-state index contributed by atoms with van der Waals surface area (Å²) in [5.41, 5.74) is 0.458. The van der Waals surface area contributed by atoms with E-state index in [9.17, 15) is 13.6 Å². The molecule has 32 heavy (non-hydrogen) atoms. The molecule has 1 aromatic heterocycles. The summed E-state index contributed by atoms with van der Waals surface area (Å²) in [7, 11) is 1.62. The van der Waals surface area contributed by atoms with Crippen molar-refractivity contribution >= 4 is 5.91 Å². The first-order valence-electron chi connectivity index (χ1n) is 10.6. The maximum Gasteiger partial charge on any atom is 0.257 e. The van der Waals surface area contributed by atoms with Crippen LogP contribution >= 0.6 is 0 Å². The molecule has 0 spiro atoms. The van der Waals surface area contributed by atoms with Crippen molar-refractivity contribution in [3.63, 3.8) is 0 Å². The summed E-state index contributed by atoms with van der Waals surface area (Å²) in [6.07, 6.45) is 2.13. The molecule has 1 amide bonds. The zero-order valence-corrected chi connectivity index (χ0v) is 17.9. The SMILES string of the molecule is COCCC1(c2noc(-c3ccc(F)cc3)n2)CCCN(C(=O)Cc2ccccc2F)C1. The number of benzene rings is 2. The molecule has 168 valence electrons. The average molecular weight is 441 g/mol. The van der Waals surface area contributed by atoms with Crippen LogP contribution in [-0.2, 0) is 21.4 Å². The van der Waals surface area contributed by atoms with Crippen LogP contribution in [0.25, 0.3) is 11.5 Å². The molecule has 0 aliphatic carbocycles. The van der Waals surface area contributed by atoms with Crippen molar-refractivity contribution < 1.29 is 22.8 Å².